The Balaban J connectivity index is 0.000000188. The molecular weight excluding hydrogens is 2100 g/mol. The van der Waals surface area contributed by atoms with E-state index in [2.05, 4.69) is 54.6 Å². The van der Waals surface area contributed by atoms with E-state index in [0.717, 1.165) is 142 Å². The van der Waals surface area contributed by atoms with Gasteiger partial charge in [0.25, 0.3) is 17.1 Å². The van der Waals surface area contributed by atoms with Crippen LogP contribution in [0.3, 0.4) is 0 Å². The number of aliphatic hydroxyl groups is 1. The highest BCUT2D eigenvalue weighted by atomic mass is 35.5. The molecule has 5 saturated carbocycles. The zero-order chi connectivity index (χ0) is 112. The first-order chi connectivity index (χ1) is 70.2. The normalized spacial score (nSPS) is 14.9. The fourth-order valence-corrected chi connectivity index (χ4v) is 18.4. The number of aliphatic hydroxyl groups excluding tert-OH is 1. The van der Waals surface area contributed by atoms with Gasteiger partial charge in [-0.1, -0.05) is 121 Å². The number of anilines is 5. The minimum absolute atomic E-state index is 0.00738. The van der Waals surface area contributed by atoms with Gasteiger partial charge in [-0.05, 0) is 206 Å². The zero-order valence-corrected chi connectivity index (χ0v) is 89.7. The number of carbonyl (C=O) groups excluding carboxylic acids is 7. The van der Waals surface area contributed by atoms with E-state index in [1.54, 1.807) is 57.2 Å². The van der Waals surface area contributed by atoms with Crippen LogP contribution in [0, 0.1) is 35.8 Å². The number of halogens is 7. The van der Waals surface area contributed by atoms with Crippen LogP contribution in [0.1, 0.15) is 234 Å². The van der Waals surface area contributed by atoms with Crippen molar-refractivity contribution in [3.8, 4) is 0 Å². The van der Waals surface area contributed by atoms with E-state index in [1.165, 1.54) is 130 Å². The molecule has 0 spiro atoms. The summed E-state index contributed by atoms with van der Waals surface area (Å²) in [4.78, 5) is 149. The van der Waals surface area contributed by atoms with Gasteiger partial charge in [-0.2, -0.15) is 0 Å². The molecule has 150 heavy (non-hydrogen) atoms. The van der Waals surface area contributed by atoms with Crippen molar-refractivity contribution in [1.82, 2.24) is 34.0 Å². The van der Waals surface area contributed by atoms with Crippen molar-refractivity contribution >= 4 is 231 Å². The van der Waals surface area contributed by atoms with E-state index in [1.807, 2.05) is 48.5 Å². The van der Waals surface area contributed by atoms with E-state index in [9.17, 15) is 78.6 Å². The number of hydrogen-bond acceptors (Lipinski definition) is 33. The number of nitro groups is 3. The number of nitrogens with two attached hydrogens (primary N) is 6. The van der Waals surface area contributed by atoms with Crippen LogP contribution in [0.5, 0.6) is 0 Å². The number of esters is 6. The molecule has 802 valence electrons. The van der Waals surface area contributed by atoms with Gasteiger partial charge >= 0.3 is 53.8 Å². The van der Waals surface area contributed by atoms with Crippen LogP contribution in [0.4, 0.5) is 56.0 Å². The molecule has 5 aliphatic carbocycles. The number of ether oxygens (including phenoxy) is 7. The molecule has 0 radical (unpaired) electrons. The van der Waals surface area contributed by atoms with Gasteiger partial charge in [0.15, 0.2) is 0 Å². The quantitative estimate of drug-likeness (QED) is 0.00952. The van der Waals surface area contributed by atoms with Crippen LogP contribution < -0.4 is 39.7 Å². The minimum atomic E-state index is -1.30. The Morgan fingerprint density at radius 2 is 0.847 bits per heavy atom. The number of nitro benzene ring substituents is 3. The lowest BCUT2D eigenvalue weighted by Gasteiger charge is -2.39. The fourth-order valence-electron chi connectivity index (χ4n) is 16.7. The molecule has 0 bridgehead atoms. The molecule has 0 unspecified atom stereocenters. The first kappa shape index (κ1) is 119. The van der Waals surface area contributed by atoms with Gasteiger partial charge in [0.1, 0.15) is 62.2 Å². The van der Waals surface area contributed by atoms with Gasteiger partial charge in [-0.3, -0.25) is 35.3 Å². The van der Waals surface area contributed by atoms with E-state index >= 15 is 0 Å². The summed E-state index contributed by atoms with van der Waals surface area (Å²) in [5.41, 5.74) is 41.5. The second-order valence-corrected chi connectivity index (χ2v) is 40.4. The first-order valence-corrected chi connectivity index (χ1v) is 48.7. The van der Waals surface area contributed by atoms with Crippen LogP contribution in [0.2, 0.25) is 35.2 Å². The third kappa shape index (κ3) is 28.1. The number of fused-ring (bicyclic) bond motifs is 4. The number of aromatic nitrogens is 6. The molecule has 0 atom stereocenters. The SMILES string of the molecule is COC(=O)/C=C/c1cc(Cl)c2nc(C3(N)CCC3)n(C)c2c1.COC(=O)C1(NC(=O)OC(C)(C)C)CCC1.COC(=O)c1cc(Cl)c(N)c([N+](=O)[O-])c1.COC(=O)c1cc(Cl)c2c(c1)CC(C1(C)CCC1)=N2.COC(=O)c1cc(Cl)c2nc(C3(C)CCC3)n(C)c2c1.COC(=O)c1cc(N)c(N)c(Cl)c1.Cn1c(C2(C)CCC2)nc2c(Cl)cc(CO)cc21.Nc1c(Cl)cc(C(=O)O)cc1[N+](=O)[O-].Nc1ccc(C(=O)O)cc1[N+](=O)[O-]. The van der Waals surface area contributed by atoms with E-state index in [-0.39, 0.29) is 106 Å². The van der Waals surface area contributed by atoms with E-state index < -0.39 is 79.2 Å². The number of rotatable bonds is 18. The number of nitrogen functional groups attached to an aromatic ring is 5. The van der Waals surface area contributed by atoms with Crippen molar-refractivity contribution < 1.29 is 106 Å². The van der Waals surface area contributed by atoms with Gasteiger partial charge in [-0.25, -0.2) is 58.1 Å². The van der Waals surface area contributed by atoms with E-state index in [0.29, 0.717) is 49.6 Å². The molecule has 16 N–H and O–H groups in total. The summed E-state index contributed by atoms with van der Waals surface area (Å²) in [5.74, 6) is -2.24. The minimum Gasteiger partial charge on any atom is -0.478 e. The number of aromatic carboxylic acids is 2. The maximum Gasteiger partial charge on any atom is 0.408 e. The van der Waals surface area contributed by atoms with Crippen molar-refractivity contribution in [2.45, 2.75) is 178 Å². The molecule has 17 rings (SSSR count). The van der Waals surface area contributed by atoms with Crippen molar-refractivity contribution in [2.75, 3.05) is 71.3 Å². The number of benzene rings is 8. The van der Waals surface area contributed by atoms with Crippen molar-refractivity contribution in [3.63, 3.8) is 0 Å². The fraction of sp³-hybridized carbons (Fsp3) is 0.376. The molecule has 3 aromatic heterocycles. The number of aryl methyl sites for hydroxylation is 3. The molecule has 1 aliphatic heterocycles. The highest BCUT2D eigenvalue weighted by Crippen LogP contribution is 2.50. The van der Waals surface area contributed by atoms with Gasteiger partial charge in [0, 0.05) is 73.8 Å². The number of carboxylic acids is 2. The van der Waals surface area contributed by atoms with E-state index in [4.69, 9.17) is 155 Å². The Hall–Kier alpha value is -14.2. The monoisotopic (exact) mass is 2210 g/mol. The summed E-state index contributed by atoms with van der Waals surface area (Å²) >= 11 is 42.0. The Kier molecular flexibility index (Phi) is 39.7. The summed E-state index contributed by atoms with van der Waals surface area (Å²) in [6.07, 6.45) is 19.2. The standard InChI is InChI=1S/C16H18ClN3O2.C15H17ClN2O2.C15H16ClNO2.C14H17ClN2O.C11H19NO4.C8H7ClN2O4.C8H9ClN2O2.C7H5ClN2O4.C7H6N2O4/c1-20-12-9-10(4-5-13(21)22-2)8-11(17)14(12)19-15(20)16(18)6-3-7-16;1-15(5-4-6-15)14-17-12-10(16)7-9(13(19)20-3)8-11(12)18(14)2;1-15(4-3-5-15)12-8-9-6-10(14(18)19-2)7-11(16)13(9)17-12;1-14(4-3-5-14)13-16-12-10(15)6-9(8-18)7-11(12)17(13)2;1-10(2,3)16-9(14)12-11(6-5-7-11)8(13)15-4;1-15-8(12)4-2-5(9)7(10)6(3-4)11(13)14;1-13-8(12)4-2-5(9)7(11)6(10)3-4;8-4-1-3(7(11)12)2-5(6(4)9)10(13)14;8-5-2-1-4(7(10)11)3-6(5)9(12)13/h4-5,8-9H,3,6-7,18H2,1-2H3;7-8H,4-6H2,1-3H3;6-7H,3-5,8H2,1-2H3;6-7,18H,3-5,8H2,1-2H3;5-7H2,1-4H3,(H,12,14);2-3H,10H2,1H3;2-3H,10-11H2,1H3;1-2H,9H2,(H,11,12);1-3H,8H2,(H,10,11)/b5-4+;;;;;;;;. The highest BCUT2D eigenvalue weighted by molar-refractivity contribution is 6.37. The first-order valence-electron chi connectivity index (χ1n) is 46.1. The molecule has 5 fully saturated rings. The highest BCUT2D eigenvalue weighted by Gasteiger charge is 2.48. The third-order valence-corrected chi connectivity index (χ3v) is 28.1. The number of nitrogens with zero attached hydrogens (tertiary/aromatic N) is 10. The second-order valence-electron chi connectivity index (χ2n) is 37.5. The predicted octanol–water partition coefficient (Wildman–Crippen LogP) is 20.2. The van der Waals surface area contributed by atoms with Crippen LogP contribution in [-0.2, 0) is 93.3 Å². The number of amides is 1. The average Bonchev–Trinajstić information content (AvgIpc) is 1.60. The molecule has 6 aliphatic rings. The average molecular weight is 2210 g/mol. The number of carboxylic acid groups (broad SMARTS) is 2. The molecule has 1 amide bonds. The molecule has 49 heteroatoms. The topological polar surface area (TPSA) is 642 Å². The number of alkyl carbamates (subject to hydrolysis) is 1. The van der Waals surface area contributed by atoms with Crippen molar-refractivity contribution in [3.05, 3.63) is 242 Å². The lowest BCUT2D eigenvalue weighted by molar-refractivity contribution is -0.384. The Labute approximate surface area is 895 Å². The number of imidazole rings is 3. The third-order valence-electron chi connectivity index (χ3n) is 26.0. The summed E-state index contributed by atoms with van der Waals surface area (Å²) in [7, 11) is 13.8. The van der Waals surface area contributed by atoms with Crippen molar-refractivity contribution in [2.24, 2.45) is 37.3 Å². The predicted molar refractivity (Wildman–Crippen MR) is 571 cm³/mol. The molecule has 8 aromatic carbocycles. The summed E-state index contributed by atoms with van der Waals surface area (Å²) in [5, 5.41) is 62.5. The lowest BCUT2D eigenvalue weighted by atomic mass is 9.66. The Morgan fingerprint density at radius 1 is 0.453 bits per heavy atom. The maximum absolute atomic E-state index is 11.7. The molecule has 11 aromatic rings. The smallest absolute Gasteiger partial charge is 0.408 e. The van der Waals surface area contributed by atoms with Gasteiger partial charge < -0.3 is 102 Å². The van der Waals surface area contributed by atoms with Crippen LogP contribution in [0.15, 0.2) is 114 Å². The number of carbonyl (C=O) groups is 9. The number of aliphatic imine (C=N–C) groups is 1. The molecular formula is C101H114Cl7N17O25. The van der Waals surface area contributed by atoms with Gasteiger partial charge in [-0.15, -0.1) is 0 Å². The van der Waals surface area contributed by atoms with Gasteiger partial charge in [0.05, 0.1) is 172 Å². The Bertz CT molecular complexity index is 7140. The largest absolute Gasteiger partial charge is 0.478 e. The summed E-state index contributed by atoms with van der Waals surface area (Å²) < 4.78 is 38.9. The number of nitrogens with one attached hydrogen (secondary N) is 1. The maximum atomic E-state index is 11.7. The molecule has 4 heterocycles. The second kappa shape index (κ2) is 49.9. The van der Waals surface area contributed by atoms with Crippen LogP contribution in [-0.4, -0.2) is 172 Å². The molecule has 42 nitrogen and oxygen atoms in total. The summed E-state index contributed by atoms with van der Waals surface area (Å²) in [6, 6.07) is 24.7. The van der Waals surface area contributed by atoms with Crippen molar-refractivity contribution in [1.29, 1.82) is 0 Å². The van der Waals surface area contributed by atoms with Crippen LogP contribution in [0.25, 0.3) is 39.2 Å². The number of methoxy groups -OCH3 is 6. The van der Waals surface area contributed by atoms with Crippen LogP contribution >= 0.6 is 81.2 Å². The zero-order valence-electron chi connectivity index (χ0n) is 84.4. The Morgan fingerprint density at radius 3 is 1.26 bits per heavy atom. The van der Waals surface area contributed by atoms with Gasteiger partial charge in [0.2, 0.25) is 0 Å². The lowest BCUT2D eigenvalue weighted by Crippen LogP contribution is -2.60. The summed E-state index contributed by atoms with van der Waals surface area (Å²) in [6.45, 7) is 12.1. The molecule has 0 saturated heterocycles. The number of hydrogen-bond donors (Lipinski definition) is 10.